The van der Waals surface area contributed by atoms with Crippen LogP contribution in [0.1, 0.15) is 17.4 Å². The van der Waals surface area contributed by atoms with E-state index in [-0.39, 0.29) is 27.9 Å². The molecule has 0 saturated carbocycles. The smallest absolute Gasteiger partial charge is 0.246 e. The Morgan fingerprint density at radius 1 is 1.32 bits per heavy atom. The number of thioether (sulfide) groups is 2. The van der Waals surface area contributed by atoms with E-state index in [0.717, 1.165) is 11.5 Å². The molecule has 0 N–H and O–H groups in total. The minimum atomic E-state index is -0.0876. The number of Topliss-reactive ketones (excluding diaryl/α,β-unsaturated/α-hetero) is 1. The summed E-state index contributed by atoms with van der Waals surface area (Å²) in [6, 6.07) is 0. The van der Waals surface area contributed by atoms with Gasteiger partial charge in [-0.2, -0.15) is 16.7 Å². The predicted octanol–water partition coefficient (Wildman–Crippen LogP) is 1.91. The summed E-state index contributed by atoms with van der Waals surface area (Å²) in [6.07, 6.45) is 1.45. The number of hydrogen-bond donors (Lipinski definition) is 0. The van der Waals surface area contributed by atoms with E-state index < -0.39 is 0 Å². The second-order valence-corrected chi connectivity index (χ2v) is 6.74. The average molecular weight is 300 g/mol. The van der Waals surface area contributed by atoms with Gasteiger partial charge in [0.1, 0.15) is 0 Å². The van der Waals surface area contributed by atoms with Gasteiger partial charge in [0.2, 0.25) is 17.5 Å². The molecule has 1 fully saturated rings. The van der Waals surface area contributed by atoms with Gasteiger partial charge in [-0.25, -0.2) is 4.98 Å². The van der Waals surface area contributed by atoms with Crippen molar-refractivity contribution < 1.29 is 14.3 Å². The third-order valence-electron chi connectivity index (χ3n) is 2.80. The van der Waals surface area contributed by atoms with Crippen LogP contribution in [0.5, 0.6) is 11.8 Å². The molecule has 2 rings (SSSR count). The molecule has 7 heteroatoms. The SMILES string of the molecule is COc1cnc(C(=O)C2SCCSC2C)c(OC)n1. The van der Waals surface area contributed by atoms with Crippen molar-refractivity contribution in [2.75, 3.05) is 25.7 Å². The Bertz CT molecular complexity index is 470. The van der Waals surface area contributed by atoms with Crippen LogP contribution < -0.4 is 9.47 Å². The van der Waals surface area contributed by atoms with Crippen LogP contribution in [-0.4, -0.2) is 52.0 Å². The monoisotopic (exact) mass is 300 g/mol. The van der Waals surface area contributed by atoms with Crippen LogP contribution in [-0.2, 0) is 0 Å². The number of aromatic nitrogens is 2. The van der Waals surface area contributed by atoms with Crippen LogP contribution in [0, 0.1) is 0 Å². The number of ether oxygens (including phenoxy) is 2. The first-order valence-corrected chi connectivity index (χ1v) is 7.99. The molecule has 104 valence electrons. The Hall–Kier alpha value is -0.950. The Morgan fingerprint density at radius 3 is 2.68 bits per heavy atom. The lowest BCUT2D eigenvalue weighted by atomic mass is 10.1. The van der Waals surface area contributed by atoms with Gasteiger partial charge >= 0.3 is 0 Å². The number of methoxy groups -OCH3 is 2. The van der Waals surface area contributed by atoms with Crippen molar-refractivity contribution in [2.45, 2.75) is 17.4 Å². The standard InChI is InChI=1S/C12H16N2O3S2/c1-7-11(19-5-4-18-7)10(15)9-12(17-3)14-8(16-2)6-13-9/h6-7,11H,4-5H2,1-3H3. The van der Waals surface area contributed by atoms with E-state index in [1.165, 1.54) is 20.4 Å². The molecule has 0 bridgehead atoms. The maximum Gasteiger partial charge on any atom is 0.246 e. The highest BCUT2D eigenvalue weighted by Gasteiger charge is 2.32. The minimum Gasteiger partial charge on any atom is -0.480 e. The van der Waals surface area contributed by atoms with Crippen LogP contribution in [0.3, 0.4) is 0 Å². The molecule has 0 aliphatic carbocycles. The molecule has 0 spiro atoms. The molecule has 0 amide bonds. The summed E-state index contributed by atoms with van der Waals surface area (Å²) in [6.45, 7) is 2.07. The van der Waals surface area contributed by atoms with Gasteiger partial charge < -0.3 is 9.47 Å². The number of ketones is 1. The second-order valence-electron chi connectivity index (χ2n) is 4.00. The fraction of sp³-hybridized carbons (Fsp3) is 0.583. The molecule has 1 aliphatic heterocycles. The number of carbonyl (C=O) groups excluding carboxylic acids is 1. The largest absolute Gasteiger partial charge is 0.480 e. The minimum absolute atomic E-state index is 0.0169. The summed E-state index contributed by atoms with van der Waals surface area (Å²) in [5, 5.41) is 0.190. The summed E-state index contributed by atoms with van der Waals surface area (Å²) in [5.41, 5.74) is 0.287. The van der Waals surface area contributed by atoms with Gasteiger partial charge in [0, 0.05) is 16.8 Å². The highest BCUT2D eigenvalue weighted by molar-refractivity contribution is 8.07. The summed E-state index contributed by atoms with van der Waals surface area (Å²) >= 11 is 3.49. The van der Waals surface area contributed by atoms with Crippen molar-refractivity contribution in [2.24, 2.45) is 0 Å². The first kappa shape index (κ1) is 14.5. The Balaban J connectivity index is 2.27. The lowest BCUT2D eigenvalue weighted by Gasteiger charge is -2.26. The van der Waals surface area contributed by atoms with Crippen LogP contribution in [0.15, 0.2) is 6.20 Å². The zero-order chi connectivity index (χ0) is 13.8. The topological polar surface area (TPSA) is 61.3 Å². The average Bonchev–Trinajstić information content (AvgIpc) is 2.46. The summed E-state index contributed by atoms with van der Waals surface area (Å²) in [7, 11) is 2.98. The number of rotatable bonds is 4. The molecule has 0 aromatic carbocycles. The van der Waals surface area contributed by atoms with E-state index in [0.29, 0.717) is 5.88 Å². The van der Waals surface area contributed by atoms with E-state index in [1.54, 1.807) is 11.8 Å². The molecule has 2 unspecified atom stereocenters. The van der Waals surface area contributed by atoms with Crippen LogP contribution in [0.4, 0.5) is 0 Å². The lowest BCUT2D eigenvalue weighted by Crippen LogP contribution is -2.32. The molecule has 0 radical (unpaired) electrons. The van der Waals surface area contributed by atoms with E-state index >= 15 is 0 Å². The molecule has 1 aliphatic rings. The zero-order valence-corrected chi connectivity index (χ0v) is 12.7. The highest BCUT2D eigenvalue weighted by atomic mass is 32.2. The molecule has 2 heterocycles. The highest BCUT2D eigenvalue weighted by Crippen LogP contribution is 2.34. The fourth-order valence-corrected chi connectivity index (χ4v) is 4.52. The first-order valence-electron chi connectivity index (χ1n) is 5.89. The van der Waals surface area contributed by atoms with E-state index in [9.17, 15) is 4.79 Å². The summed E-state index contributed by atoms with van der Waals surface area (Å²) in [5.74, 6) is 2.62. The van der Waals surface area contributed by atoms with Crippen LogP contribution in [0.2, 0.25) is 0 Å². The summed E-state index contributed by atoms with van der Waals surface area (Å²) in [4.78, 5) is 20.8. The van der Waals surface area contributed by atoms with Gasteiger partial charge in [-0.1, -0.05) is 6.92 Å². The third kappa shape index (κ3) is 3.14. The van der Waals surface area contributed by atoms with Gasteiger partial charge in [-0.15, -0.1) is 11.8 Å². The first-order chi connectivity index (χ1) is 9.17. The molecule has 1 aromatic heterocycles. The number of hydrogen-bond acceptors (Lipinski definition) is 7. The fourth-order valence-electron chi connectivity index (χ4n) is 1.82. The van der Waals surface area contributed by atoms with Gasteiger partial charge in [0.25, 0.3) is 0 Å². The van der Waals surface area contributed by atoms with Crippen molar-refractivity contribution in [3.05, 3.63) is 11.9 Å². The van der Waals surface area contributed by atoms with E-state index in [4.69, 9.17) is 9.47 Å². The van der Waals surface area contributed by atoms with Crippen molar-refractivity contribution in [1.82, 2.24) is 9.97 Å². The molecule has 1 saturated heterocycles. The number of carbonyl (C=O) groups is 1. The predicted molar refractivity (Wildman–Crippen MR) is 77.6 cm³/mol. The lowest BCUT2D eigenvalue weighted by molar-refractivity contribution is 0.0980. The van der Waals surface area contributed by atoms with Crippen molar-refractivity contribution >= 4 is 29.3 Å². The molecule has 2 atom stereocenters. The Morgan fingerprint density at radius 2 is 2.05 bits per heavy atom. The zero-order valence-electron chi connectivity index (χ0n) is 11.1. The van der Waals surface area contributed by atoms with Gasteiger partial charge in [-0.05, 0) is 0 Å². The van der Waals surface area contributed by atoms with Crippen molar-refractivity contribution in [3.8, 4) is 11.8 Å². The number of nitrogens with zero attached hydrogens (tertiary/aromatic N) is 2. The van der Waals surface area contributed by atoms with Gasteiger partial charge in [0.05, 0.1) is 25.7 Å². The van der Waals surface area contributed by atoms with Crippen molar-refractivity contribution in [1.29, 1.82) is 0 Å². The third-order valence-corrected chi connectivity index (χ3v) is 5.89. The molecule has 19 heavy (non-hydrogen) atoms. The normalized spacial score (nSPS) is 22.9. The second kappa shape index (κ2) is 6.47. The molecule has 1 aromatic rings. The van der Waals surface area contributed by atoms with E-state index in [1.807, 2.05) is 11.8 Å². The molecular weight excluding hydrogens is 284 g/mol. The van der Waals surface area contributed by atoms with Crippen molar-refractivity contribution in [3.63, 3.8) is 0 Å². The Labute approximate surface area is 120 Å². The van der Waals surface area contributed by atoms with Gasteiger partial charge in [0.15, 0.2) is 5.69 Å². The van der Waals surface area contributed by atoms with Crippen LogP contribution >= 0.6 is 23.5 Å². The Kier molecular flexibility index (Phi) is 4.93. The van der Waals surface area contributed by atoms with E-state index in [2.05, 4.69) is 16.9 Å². The van der Waals surface area contributed by atoms with Crippen LogP contribution in [0.25, 0.3) is 0 Å². The molecule has 5 nitrogen and oxygen atoms in total. The van der Waals surface area contributed by atoms with Gasteiger partial charge in [-0.3, -0.25) is 4.79 Å². The maximum atomic E-state index is 12.5. The molecular formula is C12H16N2O3S2. The maximum absolute atomic E-state index is 12.5. The summed E-state index contributed by atoms with van der Waals surface area (Å²) < 4.78 is 10.1. The quantitative estimate of drug-likeness (QED) is 0.787.